The molecule has 2 saturated carbocycles. The highest BCUT2D eigenvalue weighted by molar-refractivity contribution is 5.68. The molecule has 0 saturated heterocycles. The van der Waals surface area contributed by atoms with E-state index >= 15 is 0 Å². The lowest BCUT2D eigenvalue weighted by Gasteiger charge is -2.37. The number of hydrogen-bond donors (Lipinski definition) is 2. The molecule has 2 aliphatic carbocycles. The lowest BCUT2D eigenvalue weighted by Crippen LogP contribution is -2.53. The van der Waals surface area contributed by atoms with Gasteiger partial charge in [0.25, 0.3) is 0 Å². The van der Waals surface area contributed by atoms with Crippen LogP contribution in [0.25, 0.3) is 0 Å². The first-order valence-corrected chi connectivity index (χ1v) is 9.00. The van der Waals surface area contributed by atoms with Crippen LogP contribution in [-0.2, 0) is 4.74 Å². The van der Waals surface area contributed by atoms with Crippen LogP contribution in [0.2, 0.25) is 0 Å². The minimum Gasteiger partial charge on any atom is -0.444 e. The molecule has 0 bridgehead atoms. The second-order valence-electron chi connectivity index (χ2n) is 8.46. The van der Waals surface area contributed by atoms with Gasteiger partial charge in [-0.2, -0.15) is 0 Å². The number of nitrogens with one attached hydrogen (secondary N) is 2. The van der Waals surface area contributed by atoms with E-state index in [4.69, 9.17) is 4.74 Å². The second kappa shape index (κ2) is 7.20. The third-order valence-corrected chi connectivity index (χ3v) is 5.10. The third-order valence-electron chi connectivity index (χ3n) is 5.10. The Balaban J connectivity index is 1.86. The van der Waals surface area contributed by atoms with Crippen LogP contribution in [0.1, 0.15) is 73.1 Å². The van der Waals surface area contributed by atoms with E-state index < -0.39 is 5.60 Å². The molecule has 0 spiro atoms. The average molecular weight is 310 g/mol. The van der Waals surface area contributed by atoms with E-state index in [1.165, 1.54) is 25.7 Å². The van der Waals surface area contributed by atoms with E-state index in [0.717, 1.165) is 24.7 Å². The van der Waals surface area contributed by atoms with Gasteiger partial charge in [0.1, 0.15) is 5.60 Å². The molecule has 1 amide bonds. The van der Waals surface area contributed by atoms with Crippen molar-refractivity contribution in [3.05, 3.63) is 0 Å². The number of carbonyl (C=O) groups excluding carboxylic acids is 1. The van der Waals surface area contributed by atoms with Crippen LogP contribution in [-0.4, -0.2) is 29.8 Å². The molecular weight excluding hydrogens is 276 g/mol. The van der Waals surface area contributed by atoms with E-state index in [-0.39, 0.29) is 12.1 Å². The molecule has 4 heteroatoms. The van der Waals surface area contributed by atoms with Gasteiger partial charge in [-0.1, -0.05) is 20.3 Å². The highest BCUT2D eigenvalue weighted by atomic mass is 16.6. The molecule has 0 radical (unpaired) electrons. The predicted octanol–water partition coefficient (Wildman–Crippen LogP) is 3.85. The summed E-state index contributed by atoms with van der Waals surface area (Å²) in [7, 11) is 0. The Morgan fingerprint density at radius 1 is 1.00 bits per heavy atom. The summed E-state index contributed by atoms with van der Waals surface area (Å²) in [6.45, 7) is 10.4. The molecule has 2 rings (SSSR count). The minimum atomic E-state index is -0.432. The van der Waals surface area contributed by atoms with Crippen molar-refractivity contribution in [2.75, 3.05) is 0 Å². The molecule has 5 atom stereocenters. The fraction of sp³-hybridized carbons (Fsp3) is 0.944. The van der Waals surface area contributed by atoms with Gasteiger partial charge in [-0.25, -0.2) is 4.79 Å². The number of amides is 1. The van der Waals surface area contributed by atoms with Gasteiger partial charge in [-0.15, -0.1) is 0 Å². The molecule has 22 heavy (non-hydrogen) atoms. The number of alkyl carbamates (subject to hydrolysis) is 1. The molecule has 2 fully saturated rings. The van der Waals surface area contributed by atoms with Gasteiger partial charge in [-0.3, -0.25) is 0 Å². The number of rotatable bonds is 3. The summed E-state index contributed by atoms with van der Waals surface area (Å²) in [5, 5.41) is 6.92. The summed E-state index contributed by atoms with van der Waals surface area (Å²) in [5.41, 5.74) is -0.432. The smallest absolute Gasteiger partial charge is 0.407 e. The molecule has 128 valence electrons. The Labute approximate surface area is 135 Å². The van der Waals surface area contributed by atoms with Crippen molar-refractivity contribution in [2.45, 2.75) is 96.9 Å². The van der Waals surface area contributed by atoms with Gasteiger partial charge >= 0.3 is 6.09 Å². The molecule has 0 aromatic carbocycles. The van der Waals surface area contributed by atoms with E-state index in [1.807, 2.05) is 20.8 Å². The topological polar surface area (TPSA) is 50.4 Å². The van der Waals surface area contributed by atoms with Gasteiger partial charge < -0.3 is 15.4 Å². The summed E-state index contributed by atoms with van der Waals surface area (Å²) in [5.74, 6) is 1.55. The second-order valence-corrected chi connectivity index (χ2v) is 8.46. The first-order valence-electron chi connectivity index (χ1n) is 9.00. The van der Waals surface area contributed by atoms with Gasteiger partial charge in [0, 0.05) is 18.1 Å². The van der Waals surface area contributed by atoms with E-state index in [0.29, 0.717) is 12.1 Å². The molecule has 0 aromatic heterocycles. The molecule has 0 aliphatic heterocycles. The Kier molecular flexibility index (Phi) is 5.76. The van der Waals surface area contributed by atoms with E-state index in [1.54, 1.807) is 0 Å². The summed E-state index contributed by atoms with van der Waals surface area (Å²) in [6.07, 6.45) is 7.02. The van der Waals surface area contributed by atoms with Crippen molar-refractivity contribution >= 4 is 6.09 Å². The quantitative estimate of drug-likeness (QED) is 0.832. The highest BCUT2D eigenvalue weighted by Crippen LogP contribution is 2.30. The zero-order valence-corrected chi connectivity index (χ0v) is 14.9. The maximum absolute atomic E-state index is 12.0. The fourth-order valence-electron chi connectivity index (χ4n) is 3.83. The van der Waals surface area contributed by atoms with E-state index in [9.17, 15) is 4.79 Å². The van der Waals surface area contributed by atoms with Crippen molar-refractivity contribution in [3.8, 4) is 0 Å². The molecule has 0 heterocycles. The van der Waals surface area contributed by atoms with Crippen molar-refractivity contribution < 1.29 is 9.53 Å². The molecule has 0 aromatic rings. The van der Waals surface area contributed by atoms with Crippen LogP contribution in [0.5, 0.6) is 0 Å². The fourth-order valence-corrected chi connectivity index (χ4v) is 3.83. The third kappa shape index (κ3) is 5.15. The maximum atomic E-state index is 12.0. The summed E-state index contributed by atoms with van der Waals surface area (Å²) in [4.78, 5) is 12.0. The number of ether oxygens (including phenoxy) is 1. The number of carbonyl (C=O) groups is 1. The maximum Gasteiger partial charge on any atom is 0.407 e. The Hall–Kier alpha value is -0.770. The van der Waals surface area contributed by atoms with Crippen molar-refractivity contribution in [1.82, 2.24) is 10.6 Å². The predicted molar refractivity (Wildman–Crippen MR) is 89.9 cm³/mol. The van der Waals surface area contributed by atoms with Crippen molar-refractivity contribution in [3.63, 3.8) is 0 Å². The van der Waals surface area contributed by atoms with Crippen LogP contribution < -0.4 is 10.6 Å². The van der Waals surface area contributed by atoms with Crippen LogP contribution in [0.4, 0.5) is 4.79 Å². The normalized spacial score (nSPS) is 36.1. The first-order chi connectivity index (χ1) is 10.2. The standard InChI is InChI=1S/C18H34N2O2/c1-12-9-10-13(2)16(11-12)19-14-7-6-8-15(14)20-17(21)22-18(3,4)5/h12-16,19H,6-11H2,1-5H3,(H,20,21). The average Bonchev–Trinajstić information content (AvgIpc) is 2.79. The first kappa shape index (κ1) is 17.6. The Bertz CT molecular complexity index is 378. The molecule has 2 aliphatic rings. The lowest BCUT2D eigenvalue weighted by atomic mass is 9.79. The summed E-state index contributed by atoms with van der Waals surface area (Å²) >= 11 is 0. The molecular formula is C18H34N2O2. The monoisotopic (exact) mass is 310 g/mol. The minimum absolute atomic E-state index is 0.208. The SMILES string of the molecule is CC1CCC(C)C(NC2CCCC2NC(=O)OC(C)(C)C)C1. The van der Waals surface area contributed by atoms with Gasteiger partial charge in [-0.05, 0) is 64.7 Å². The van der Waals surface area contributed by atoms with Crippen LogP contribution in [0.3, 0.4) is 0 Å². The Morgan fingerprint density at radius 3 is 2.36 bits per heavy atom. The molecule has 4 nitrogen and oxygen atoms in total. The number of hydrogen-bond acceptors (Lipinski definition) is 3. The highest BCUT2D eigenvalue weighted by Gasteiger charge is 2.34. The van der Waals surface area contributed by atoms with Crippen LogP contribution >= 0.6 is 0 Å². The largest absolute Gasteiger partial charge is 0.444 e. The Morgan fingerprint density at radius 2 is 1.68 bits per heavy atom. The van der Waals surface area contributed by atoms with Crippen molar-refractivity contribution in [1.29, 1.82) is 0 Å². The lowest BCUT2D eigenvalue weighted by molar-refractivity contribution is 0.0494. The van der Waals surface area contributed by atoms with Gasteiger partial charge in [0.05, 0.1) is 0 Å². The van der Waals surface area contributed by atoms with Crippen LogP contribution in [0.15, 0.2) is 0 Å². The van der Waals surface area contributed by atoms with E-state index in [2.05, 4.69) is 24.5 Å². The zero-order valence-electron chi connectivity index (χ0n) is 14.9. The summed E-state index contributed by atoms with van der Waals surface area (Å²) in [6, 6.07) is 1.19. The zero-order chi connectivity index (χ0) is 16.3. The van der Waals surface area contributed by atoms with Gasteiger partial charge in [0.2, 0.25) is 0 Å². The molecule has 5 unspecified atom stereocenters. The van der Waals surface area contributed by atoms with Crippen molar-refractivity contribution in [2.24, 2.45) is 11.8 Å². The molecule has 2 N–H and O–H groups in total. The van der Waals surface area contributed by atoms with Gasteiger partial charge in [0.15, 0.2) is 0 Å². The summed E-state index contributed by atoms with van der Waals surface area (Å²) < 4.78 is 5.40. The van der Waals surface area contributed by atoms with Crippen LogP contribution in [0, 0.1) is 11.8 Å².